The molecule has 3 rings (SSSR count). The lowest BCUT2D eigenvalue weighted by Gasteiger charge is -2.31. The van der Waals surface area contributed by atoms with Crippen molar-refractivity contribution >= 4 is 23.0 Å². The standard InChI is InChI=1S/C16H23N3OS/c1-10-16(2,7-8-20-10)19-15-12(14(17)21)9-11-5-3-4-6-13(11)18-15/h9-10H,3-8H2,1-2H3,(H2,17,21)(H,18,19). The van der Waals surface area contributed by atoms with E-state index in [-0.39, 0.29) is 11.6 Å². The number of ether oxygens (including phenoxy) is 1. The summed E-state index contributed by atoms with van der Waals surface area (Å²) in [6, 6.07) is 2.13. The highest BCUT2D eigenvalue weighted by Crippen LogP contribution is 2.32. The molecule has 2 heterocycles. The van der Waals surface area contributed by atoms with Gasteiger partial charge in [0.1, 0.15) is 10.8 Å². The summed E-state index contributed by atoms with van der Waals surface area (Å²) in [5.41, 5.74) is 9.17. The molecule has 114 valence electrons. The van der Waals surface area contributed by atoms with Gasteiger partial charge in [-0.25, -0.2) is 4.98 Å². The Hall–Kier alpha value is -1.20. The van der Waals surface area contributed by atoms with E-state index < -0.39 is 0 Å². The van der Waals surface area contributed by atoms with Crippen molar-refractivity contribution in [2.45, 2.75) is 57.6 Å². The lowest BCUT2D eigenvalue weighted by Crippen LogP contribution is -2.42. The molecule has 1 aliphatic heterocycles. The average molecular weight is 305 g/mol. The number of pyridine rings is 1. The summed E-state index contributed by atoms with van der Waals surface area (Å²) >= 11 is 5.23. The van der Waals surface area contributed by atoms with Crippen LogP contribution in [-0.4, -0.2) is 28.2 Å². The minimum atomic E-state index is -0.116. The van der Waals surface area contributed by atoms with E-state index in [1.807, 2.05) is 0 Å². The van der Waals surface area contributed by atoms with Crippen molar-refractivity contribution in [3.63, 3.8) is 0 Å². The molecule has 2 aliphatic rings. The van der Waals surface area contributed by atoms with Gasteiger partial charge in [0.2, 0.25) is 0 Å². The van der Waals surface area contributed by atoms with Gasteiger partial charge in [-0.1, -0.05) is 12.2 Å². The quantitative estimate of drug-likeness (QED) is 0.841. The first-order chi connectivity index (χ1) is 9.99. The molecule has 1 aromatic rings. The van der Waals surface area contributed by atoms with Gasteiger partial charge in [-0.2, -0.15) is 0 Å². The van der Waals surface area contributed by atoms with Crippen molar-refractivity contribution in [1.29, 1.82) is 0 Å². The highest BCUT2D eigenvalue weighted by molar-refractivity contribution is 7.80. The second-order valence-corrected chi connectivity index (χ2v) is 6.81. The number of nitrogens with zero attached hydrogens (tertiary/aromatic N) is 1. The Kier molecular flexibility index (Phi) is 3.88. The Labute approximate surface area is 131 Å². The van der Waals surface area contributed by atoms with Gasteiger partial charge in [0, 0.05) is 12.3 Å². The predicted octanol–water partition coefficient (Wildman–Crippen LogP) is 2.57. The molecule has 1 saturated heterocycles. The molecule has 0 aromatic carbocycles. The molecule has 2 atom stereocenters. The number of thiocarbonyl (C=S) groups is 1. The van der Waals surface area contributed by atoms with E-state index in [1.165, 1.54) is 24.1 Å². The molecule has 21 heavy (non-hydrogen) atoms. The molecule has 1 aliphatic carbocycles. The number of aryl methyl sites for hydroxylation is 2. The zero-order valence-corrected chi connectivity index (χ0v) is 13.6. The van der Waals surface area contributed by atoms with Crippen LogP contribution in [0.15, 0.2) is 6.07 Å². The molecule has 0 saturated carbocycles. The number of fused-ring (bicyclic) bond motifs is 1. The topological polar surface area (TPSA) is 60.2 Å². The molecule has 4 nitrogen and oxygen atoms in total. The maximum absolute atomic E-state index is 5.92. The number of nitrogens with one attached hydrogen (secondary N) is 1. The highest BCUT2D eigenvalue weighted by Gasteiger charge is 2.38. The summed E-state index contributed by atoms with van der Waals surface area (Å²) in [5.74, 6) is 0.822. The van der Waals surface area contributed by atoms with Crippen LogP contribution in [0.4, 0.5) is 5.82 Å². The molecule has 1 aromatic heterocycles. The summed E-state index contributed by atoms with van der Waals surface area (Å²) in [4.78, 5) is 5.25. The summed E-state index contributed by atoms with van der Waals surface area (Å²) in [6.45, 7) is 5.05. The minimum Gasteiger partial charge on any atom is -0.389 e. The Balaban J connectivity index is 1.98. The fourth-order valence-electron chi connectivity index (χ4n) is 3.19. The summed E-state index contributed by atoms with van der Waals surface area (Å²) in [5, 5.41) is 3.56. The normalized spacial score (nSPS) is 28.2. The summed E-state index contributed by atoms with van der Waals surface area (Å²) < 4.78 is 5.70. The van der Waals surface area contributed by atoms with Gasteiger partial charge in [0.05, 0.1) is 17.2 Å². The molecule has 1 fully saturated rings. The molecule has 0 spiro atoms. The molecule has 0 amide bonds. The van der Waals surface area contributed by atoms with Gasteiger partial charge in [0.15, 0.2) is 0 Å². The van der Waals surface area contributed by atoms with Crippen molar-refractivity contribution in [1.82, 2.24) is 4.98 Å². The molecule has 0 radical (unpaired) electrons. The van der Waals surface area contributed by atoms with Crippen molar-refractivity contribution in [3.05, 3.63) is 22.9 Å². The fraction of sp³-hybridized carbons (Fsp3) is 0.625. The third-order valence-electron chi connectivity index (χ3n) is 4.86. The third kappa shape index (κ3) is 2.77. The Morgan fingerprint density at radius 1 is 1.48 bits per heavy atom. The number of hydrogen-bond donors (Lipinski definition) is 2. The molecular weight excluding hydrogens is 282 g/mol. The molecular formula is C16H23N3OS. The first kappa shape index (κ1) is 14.7. The van der Waals surface area contributed by atoms with Crippen molar-refractivity contribution < 1.29 is 4.74 Å². The Bertz CT molecular complexity index is 575. The first-order valence-electron chi connectivity index (χ1n) is 7.72. The first-order valence-corrected chi connectivity index (χ1v) is 8.13. The molecule has 3 N–H and O–H groups in total. The number of hydrogen-bond acceptors (Lipinski definition) is 4. The van der Waals surface area contributed by atoms with Crippen LogP contribution in [0.5, 0.6) is 0 Å². The van der Waals surface area contributed by atoms with Crippen LogP contribution in [0.25, 0.3) is 0 Å². The van der Waals surface area contributed by atoms with Gasteiger partial charge in [-0.15, -0.1) is 0 Å². The van der Waals surface area contributed by atoms with Crippen LogP contribution in [0.2, 0.25) is 0 Å². The fourth-order valence-corrected chi connectivity index (χ4v) is 3.34. The maximum Gasteiger partial charge on any atom is 0.137 e. The molecule has 0 bridgehead atoms. The zero-order chi connectivity index (χ0) is 15.0. The monoisotopic (exact) mass is 305 g/mol. The summed E-state index contributed by atoms with van der Waals surface area (Å²) in [6.07, 6.45) is 5.67. The van der Waals surface area contributed by atoms with Crippen LogP contribution in [0, 0.1) is 0 Å². The largest absolute Gasteiger partial charge is 0.389 e. The number of rotatable bonds is 3. The van der Waals surface area contributed by atoms with E-state index in [4.69, 9.17) is 27.7 Å². The minimum absolute atomic E-state index is 0.116. The number of aromatic nitrogens is 1. The van der Waals surface area contributed by atoms with Crippen molar-refractivity contribution in [3.8, 4) is 0 Å². The van der Waals surface area contributed by atoms with Gasteiger partial charge in [0.25, 0.3) is 0 Å². The molecule has 2 unspecified atom stereocenters. The van der Waals surface area contributed by atoms with E-state index in [0.29, 0.717) is 4.99 Å². The van der Waals surface area contributed by atoms with E-state index >= 15 is 0 Å². The zero-order valence-electron chi connectivity index (χ0n) is 12.7. The number of nitrogens with two attached hydrogens (primary N) is 1. The second-order valence-electron chi connectivity index (χ2n) is 6.37. The van der Waals surface area contributed by atoms with E-state index in [0.717, 1.165) is 37.3 Å². The summed E-state index contributed by atoms with van der Waals surface area (Å²) in [7, 11) is 0. The van der Waals surface area contributed by atoms with Gasteiger partial charge in [-0.05, 0) is 57.6 Å². The average Bonchev–Trinajstić information content (AvgIpc) is 2.77. The number of anilines is 1. The lowest BCUT2D eigenvalue weighted by molar-refractivity contribution is 0.105. The smallest absolute Gasteiger partial charge is 0.137 e. The van der Waals surface area contributed by atoms with Crippen molar-refractivity contribution in [2.24, 2.45) is 5.73 Å². The van der Waals surface area contributed by atoms with Crippen LogP contribution >= 0.6 is 12.2 Å². The van der Waals surface area contributed by atoms with Crippen LogP contribution in [0.3, 0.4) is 0 Å². The van der Waals surface area contributed by atoms with Crippen LogP contribution in [0.1, 0.15) is 49.9 Å². The second kappa shape index (κ2) is 5.54. The van der Waals surface area contributed by atoms with E-state index in [2.05, 4.69) is 25.2 Å². The van der Waals surface area contributed by atoms with Crippen molar-refractivity contribution in [2.75, 3.05) is 11.9 Å². The third-order valence-corrected chi connectivity index (χ3v) is 5.08. The van der Waals surface area contributed by atoms with Crippen LogP contribution in [-0.2, 0) is 17.6 Å². The van der Waals surface area contributed by atoms with Gasteiger partial charge in [-0.3, -0.25) is 0 Å². The molecule has 5 heteroatoms. The lowest BCUT2D eigenvalue weighted by atomic mass is 9.92. The Morgan fingerprint density at radius 3 is 2.90 bits per heavy atom. The Morgan fingerprint density at radius 2 is 2.24 bits per heavy atom. The predicted molar refractivity (Wildman–Crippen MR) is 88.8 cm³/mol. The van der Waals surface area contributed by atoms with Gasteiger partial charge < -0.3 is 15.8 Å². The van der Waals surface area contributed by atoms with Crippen LogP contribution < -0.4 is 11.1 Å². The van der Waals surface area contributed by atoms with E-state index in [1.54, 1.807) is 0 Å². The van der Waals surface area contributed by atoms with Gasteiger partial charge >= 0.3 is 0 Å². The maximum atomic E-state index is 5.92. The highest BCUT2D eigenvalue weighted by atomic mass is 32.1. The van der Waals surface area contributed by atoms with E-state index in [9.17, 15) is 0 Å². The SMILES string of the molecule is CC1OCCC1(C)Nc1nc2c(cc1C(N)=S)CCCC2.